The number of Topliss-reactive ketones (excluding diaryl/α,β-unsaturated/α-hetero) is 1. The number of carbonyl (C=O) groups excluding carboxylic acids is 1. The van der Waals surface area contributed by atoms with Crippen molar-refractivity contribution in [2.75, 3.05) is 0 Å². The fourth-order valence-electron chi connectivity index (χ4n) is 2.35. The van der Waals surface area contributed by atoms with Gasteiger partial charge in [-0.05, 0) is 32.1 Å². The number of hydrogen-bond donors (Lipinski definition) is 0. The molecule has 0 saturated heterocycles. The number of hydrogen-bond acceptors (Lipinski definition) is 2. The number of ketones is 1. The fraction of sp³-hybridized carbons (Fsp3) is 0.692. The molecule has 3 nitrogen and oxygen atoms in total. The molecule has 0 radical (unpaired) electrons. The molecule has 1 aromatic heterocycles. The standard InChI is InChI=1S/C13H20N2O/c1-2-11(16)6-5-9-15-10-14-12-7-3-4-8-13(12)15/h10H,2-9H2,1H3. The van der Waals surface area contributed by atoms with Gasteiger partial charge in [0.15, 0.2) is 0 Å². The second-order valence-electron chi connectivity index (χ2n) is 4.53. The van der Waals surface area contributed by atoms with Gasteiger partial charge in [0.2, 0.25) is 0 Å². The van der Waals surface area contributed by atoms with E-state index in [2.05, 4.69) is 9.55 Å². The van der Waals surface area contributed by atoms with E-state index in [9.17, 15) is 4.79 Å². The lowest BCUT2D eigenvalue weighted by atomic mass is 10.0. The Morgan fingerprint density at radius 3 is 3.06 bits per heavy atom. The molecule has 0 unspecified atom stereocenters. The molecule has 0 saturated carbocycles. The highest BCUT2D eigenvalue weighted by atomic mass is 16.1. The van der Waals surface area contributed by atoms with Gasteiger partial charge in [-0.1, -0.05) is 6.92 Å². The van der Waals surface area contributed by atoms with Gasteiger partial charge in [0.1, 0.15) is 5.78 Å². The quantitative estimate of drug-likeness (QED) is 0.764. The van der Waals surface area contributed by atoms with E-state index >= 15 is 0 Å². The van der Waals surface area contributed by atoms with E-state index < -0.39 is 0 Å². The first-order valence-corrected chi connectivity index (χ1v) is 6.36. The summed E-state index contributed by atoms with van der Waals surface area (Å²) in [6.45, 7) is 2.88. The molecule has 0 spiro atoms. The normalized spacial score (nSPS) is 14.8. The zero-order valence-electron chi connectivity index (χ0n) is 10.0. The number of carbonyl (C=O) groups is 1. The van der Waals surface area contributed by atoms with E-state index in [1.807, 2.05) is 13.3 Å². The maximum absolute atomic E-state index is 11.2. The molecular weight excluding hydrogens is 200 g/mol. The van der Waals surface area contributed by atoms with Crippen molar-refractivity contribution in [3.8, 4) is 0 Å². The number of fused-ring (bicyclic) bond motifs is 1. The van der Waals surface area contributed by atoms with Crippen LogP contribution in [0.2, 0.25) is 0 Å². The molecule has 0 bridgehead atoms. The maximum Gasteiger partial charge on any atom is 0.132 e. The second kappa shape index (κ2) is 5.28. The van der Waals surface area contributed by atoms with Gasteiger partial charge in [0, 0.05) is 25.1 Å². The third kappa shape index (κ3) is 2.52. The molecule has 3 heteroatoms. The summed E-state index contributed by atoms with van der Waals surface area (Å²) in [7, 11) is 0. The third-order valence-corrected chi connectivity index (χ3v) is 3.36. The minimum atomic E-state index is 0.369. The largest absolute Gasteiger partial charge is 0.334 e. The zero-order valence-corrected chi connectivity index (χ0v) is 10.0. The topological polar surface area (TPSA) is 34.9 Å². The van der Waals surface area contributed by atoms with E-state index in [4.69, 9.17) is 0 Å². The van der Waals surface area contributed by atoms with Crippen molar-refractivity contribution in [1.82, 2.24) is 9.55 Å². The van der Waals surface area contributed by atoms with Gasteiger partial charge in [0.25, 0.3) is 0 Å². The van der Waals surface area contributed by atoms with Crippen LogP contribution in [0.25, 0.3) is 0 Å². The van der Waals surface area contributed by atoms with Crippen molar-refractivity contribution in [3.63, 3.8) is 0 Å². The maximum atomic E-state index is 11.2. The average molecular weight is 220 g/mol. The van der Waals surface area contributed by atoms with E-state index in [-0.39, 0.29) is 0 Å². The number of aromatic nitrogens is 2. The van der Waals surface area contributed by atoms with Crippen LogP contribution in [0.3, 0.4) is 0 Å². The molecular formula is C13H20N2O. The highest BCUT2D eigenvalue weighted by Crippen LogP contribution is 2.20. The molecule has 1 heterocycles. The van der Waals surface area contributed by atoms with Gasteiger partial charge < -0.3 is 4.57 Å². The van der Waals surface area contributed by atoms with Crippen molar-refractivity contribution >= 4 is 5.78 Å². The zero-order chi connectivity index (χ0) is 11.4. The van der Waals surface area contributed by atoms with Crippen LogP contribution in [-0.2, 0) is 24.2 Å². The lowest BCUT2D eigenvalue weighted by molar-refractivity contribution is -0.118. The van der Waals surface area contributed by atoms with Crippen molar-refractivity contribution in [1.29, 1.82) is 0 Å². The summed E-state index contributed by atoms with van der Waals surface area (Å²) in [5.41, 5.74) is 2.70. The van der Waals surface area contributed by atoms with E-state index in [1.165, 1.54) is 24.2 Å². The molecule has 0 N–H and O–H groups in total. The lowest BCUT2D eigenvalue weighted by Gasteiger charge is -2.13. The predicted molar refractivity (Wildman–Crippen MR) is 63.4 cm³/mol. The summed E-state index contributed by atoms with van der Waals surface area (Å²) < 4.78 is 2.25. The molecule has 0 atom stereocenters. The lowest BCUT2D eigenvalue weighted by Crippen LogP contribution is -2.09. The van der Waals surface area contributed by atoms with Crippen LogP contribution in [0.15, 0.2) is 6.33 Å². The number of nitrogens with zero attached hydrogens (tertiary/aromatic N) is 2. The number of imidazole rings is 1. The van der Waals surface area contributed by atoms with Gasteiger partial charge in [-0.25, -0.2) is 4.98 Å². The molecule has 0 aromatic carbocycles. The van der Waals surface area contributed by atoms with Gasteiger partial charge in [-0.2, -0.15) is 0 Å². The van der Waals surface area contributed by atoms with Crippen LogP contribution in [0, 0.1) is 0 Å². The Morgan fingerprint density at radius 1 is 1.44 bits per heavy atom. The molecule has 1 aliphatic rings. The molecule has 2 rings (SSSR count). The van der Waals surface area contributed by atoms with Gasteiger partial charge in [-0.3, -0.25) is 4.79 Å². The van der Waals surface area contributed by atoms with E-state index in [0.29, 0.717) is 18.6 Å². The summed E-state index contributed by atoms with van der Waals surface area (Å²) in [4.78, 5) is 15.7. The summed E-state index contributed by atoms with van der Waals surface area (Å²) in [6.07, 6.45) is 9.14. The van der Waals surface area contributed by atoms with E-state index in [0.717, 1.165) is 25.8 Å². The molecule has 1 aliphatic carbocycles. The van der Waals surface area contributed by atoms with Crippen molar-refractivity contribution in [3.05, 3.63) is 17.7 Å². The summed E-state index contributed by atoms with van der Waals surface area (Å²) in [5, 5.41) is 0. The fourth-order valence-corrected chi connectivity index (χ4v) is 2.35. The summed E-state index contributed by atoms with van der Waals surface area (Å²) in [5.74, 6) is 0.369. The Morgan fingerprint density at radius 2 is 2.25 bits per heavy atom. The van der Waals surface area contributed by atoms with Crippen molar-refractivity contribution < 1.29 is 4.79 Å². The van der Waals surface area contributed by atoms with Crippen LogP contribution in [0.1, 0.15) is 50.4 Å². The Hall–Kier alpha value is -1.12. The minimum Gasteiger partial charge on any atom is -0.334 e. The van der Waals surface area contributed by atoms with Crippen LogP contribution in [0.5, 0.6) is 0 Å². The summed E-state index contributed by atoms with van der Waals surface area (Å²) >= 11 is 0. The van der Waals surface area contributed by atoms with Crippen molar-refractivity contribution in [2.45, 2.75) is 58.4 Å². The summed E-state index contributed by atoms with van der Waals surface area (Å²) in [6, 6.07) is 0. The molecule has 0 fully saturated rings. The Kier molecular flexibility index (Phi) is 3.75. The smallest absolute Gasteiger partial charge is 0.132 e. The molecule has 16 heavy (non-hydrogen) atoms. The van der Waals surface area contributed by atoms with Crippen LogP contribution < -0.4 is 0 Å². The predicted octanol–water partition coefficient (Wildman–Crippen LogP) is 2.52. The first-order valence-electron chi connectivity index (χ1n) is 6.36. The second-order valence-corrected chi connectivity index (χ2v) is 4.53. The average Bonchev–Trinajstić information content (AvgIpc) is 2.73. The third-order valence-electron chi connectivity index (χ3n) is 3.36. The van der Waals surface area contributed by atoms with E-state index in [1.54, 1.807) is 0 Å². The Bertz CT molecular complexity index is 368. The van der Waals surface area contributed by atoms with Crippen LogP contribution in [0.4, 0.5) is 0 Å². The van der Waals surface area contributed by atoms with Crippen LogP contribution >= 0.6 is 0 Å². The molecule has 88 valence electrons. The molecule has 0 amide bonds. The minimum absolute atomic E-state index is 0.369. The highest BCUT2D eigenvalue weighted by molar-refractivity contribution is 5.77. The van der Waals surface area contributed by atoms with Crippen LogP contribution in [-0.4, -0.2) is 15.3 Å². The van der Waals surface area contributed by atoms with Gasteiger partial charge in [-0.15, -0.1) is 0 Å². The molecule has 1 aromatic rings. The molecule has 0 aliphatic heterocycles. The van der Waals surface area contributed by atoms with Gasteiger partial charge >= 0.3 is 0 Å². The monoisotopic (exact) mass is 220 g/mol. The Labute approximate surface area is 96.9 Å². The first kappa shape index (κ1) is 11.4. The number of aryl methyl sites for hydroxylation is 2. The first-order chi connectivity index (χ1) is 7.81. The highest BCUT2D eigenvalue weighted by Gasteiger charge is 2.14. The van der Waals surface area contributed by atoms with Crippen molar-refractivity contribution in [2.24, 2.45) is 0 Å². The Balaban J connectivity index is 1.89. The number of rotatable bonds is 5. The van der Waals surface area contributed by atoms with Gasteiger partial charge in [0.05, 0.1) is 12.0 Å². The SMILES string of the molecule is CCC(=O)CCCn1cnc2c1CCCC2.